The summed E-state index contributed by atoms with van der Waals surface area (Å²) in [6.45, 7) is 6.10. The number of nitrogens with zero attached hydrogens (tertiary/aromatic N) is 2. The fourth-order valence-corrected chi connectivity index (χ4v) is 8.79. The minimum Gasteiger partial charge on any atom is -0.481 e. The number of carbonyl (C=O) groups excluding carboxylic acids is 8. The van der Waals surface area contributed by atoms with Crippen LogP contribution < -0.4 is 54.4 Å². The molecule has 428 valence electrons. The molecular weight excluding hydrogens is 1020 g/mol. The summed E-state index contributed by atoms with van der Waals surface area (Å²) in [6, 6.07) is 16.5. The Morgan fingerprint density at radius 2 is 1.08 bits per heavy atom. The van der Waals surface area contributed by atoms with Crippen molar-refractivity contribution >= 4 is 65.2 Å². The van der Waals surface area contributed by atoms with Crippen LogP contribution >= 0.6 is 0 Å². The molecule has 3 aromatic carbocycles. The number of nitrogens with two attached hydrogens (primary N) is 3. The number of hydrogen-bond donors (Lipinski definition) is 12. The van der Waals surface area contributed by atoms with Crippen LogP contribution in [0.1, 0.15) is 82.9 Å². The third-order valence-corrected chi connectivity index (χ3v) is 13.1. The standard InChI is InChI=1S/C55H76N12O12/c1-32(2)45(51(75)63-40(29-35-18-10-6-11-19-35)49(73)66-46(33(3)4)52(76)64-41(54(78)79)30-36-20-12-7-13-21-36)65-43(68)31-60-47(71)39(24-25-44(69)70)61-48(72)38(22-14-26-59-55(57)58)62-50(74)42-23-15-27-67(42)53(77)37(56)28-34-16-8-5-9-17-34/h5-13,16-21,32-33,37-42,45-46H,14-15,22-31,56H2,1-4H3,(H,60,71)(H,61,72)(H,62,74)(H,63,75)(H,64,76)(H,65,68)(H,66,73)(H,69,70)(H,78,79)(H4,57,58,59)/t37-,38-,39-,40-,41-,42-,45-,46-/m0/s1. The molecule has 0 spiro atoms. The monoisotopic (exact) mass is 1100 g/mol. The summed E-state index contributed by atoms with van der Waals surface area (Å²) in [5, 5.41) is 37.5. The lowest BCUT2D eigenvalue weighted by atomic mass is 9.98. The van der Waals surface area contributed by atoms with Gasteiger partial charge in [-0.1, -0.05) is 119 Å². The van der Waals surface area contributed by atoms with Gasteiger partial charge in [0, 0.05) is 32.4 Å². The third kappa shape index (κ3) is 21.2. The molecule has 4 rings (SSSR count). The molecule has 1 aliphatic rings. The van der Waals surface area contributed by atoms with Gasteiger partial charge in [-0.25, -0.2) is 4.79 Å². The SMILES string of the molecule is CC(C)[C@H](NC(=O)CNC(=O)[C@H](CCC(=O)O)NC(=O)[C@H](CCCN=C(N)N)NC(=O)[C@@H]1CCCN1C(=O)[C@@H](N)Cc1ccccc1)C(=O)N[C@@H](Cc1ccccc1)C(=O)N[C@H](C(=O)N[C@@H](Cc1ccccc1)C(=O)O)C(C)C. The van der Waals surface area contributed by atoms with E-state index in [1.807, 2.05) is 30.3 Å². The zero-order valence-corrected chi connectivity index (χ0v) is 45.0. The summed E-state index contributed by atoms with van der Waals surface area (Å²) >= 11 is 0. The maximum atomic E-state index is 14.1. The Labute approximate surface area is 459 Å². The number of amides is 8. The number of carboxylic acid groups (broad SMARTS) is 2. The molecular formula is C55H76N12O12. The van der Waals surface area contributed by atoms with Gasteiger partial charge in [-0.05, 0) is 67.1 Å². The molecule has 15 N–H and O–H groups in total. The van der Waals surface area contributed by atoms with Crippen molar-refractivity contribution in [3.05, 3.63) is 108 Å². The molecule has 0 unspecified atom stereocenters. The lowest BCUT2D eigenvalue weighted by Crippen LogP contribution is -2.60. The van der Waals surface area contributed by atoms with E-state index in [1.165, 1.54) is 4.90 Å². The number of carbonyl (C=O) groups is 10. The summed E-state index contributed by atoms with van der Waals surface area (Å²) in [5.41, 5.74) is 19.4. The van der Waals surface area contributed by atoms with Gasteiger partial charge in [0.2, 0.25) is 47.3 Å². The van der Waals surface area contributed by atoms with E-state index in [1.54, 1.807) is 88.4 Å². The number of nitrogens with one attached hydrogen (secondary N) is 7. The van der Waals surface area contributed by atoms with Crippen LogP contribution in [-0.4, -0.2) is 148 Å². The molecule has 1 aliphatic heterocycles. The van der Waals surface area contributed by atoms with E-state index in [4.69, 9.17) is 17.2 Å². The van der Waals surface area contributed by atoms with Crippen molar-refractivity contribution in [1.29, 1.82) is 0 Å². The van der Waals surface area contributed by atoms with Crippen LogP contribution in [0.15, 0.2) is 96.0 Å². The highest BCUT2D eigenvalue weighted by atomic mass is 16.4. The van der Waals surface area contributed by atoms with Gasteiger partial charge in [0.1, 0.15) is 42.3 Å². The molecule has 0 radical (unpaired) electrons. The van der Waals surface area contributed by atoms with E-state index in [9.17, 15) is 58.2 Å². The highest BCUT2D eigenvalue weighted by molar-refractivity contribution is 5.98. The van der Waals surface area contributed by atoms with Gasteiger partial charge < -0.3 is 69.5 Å². The number of rotatable bonds is 31. The number of guanidine groups is 1. The second kappa shape index (κ2) is 31.7. The Balaban J connectivity index is 1.45. The summed E-state index contributed by atoms with van der Waals surface area (Å²) in [6.07, 6.45) is -0.0164. The smallest absolute Gasteiger partial charge is 0.326 e. The Bertz CT molecular complexity index is 2580. The fourth-order valence-electron chi connectivity index (χ4n) is 8.79. The van der Waals surface area contributed by atoms with E-state index in [0.29, 0.717) is 17.5 Å². The Morgan fingerprint density at radius 1 is 0.595 bits per heavy atom. The third-order valence-electron chi connectivity index (χ3n) is 13.1. The summed E-state index contributed by atoms with van der Waals surface area (Å²) < 4.78 is 0. The molecule has 0 aliphatic carbocycles. The Kier molecular flexibility index (Phi) is 25.3. The quantitative estimate of drug-likeness (QED) is 0.0217. The van der Waals surface area contributed by atoms with Gasteiger partial charge in [0.15, 0.2) is 5.96 Å². The van der Waals surface area contributed by atoms with Gasteiger partial charge in [0.25, 0.3) is 0 Å². The van der Waals surface area contributed by atoms with Crippen molar-refractivity contribution in [3.8, 4) is 0 Å². The zero-order chi connectivity index (χ0) is 58.2. The highest BCUT2D eigenvalue weighted by Gasteiger charge is 2.39. The number of aliphatic carboxylic acids is 2. The lowest BCUT2D eigenvalue weighted by Gasteiger charge is -2.29. The molecule has 1 heterocycles. The van der Waals surface area contributed by atoms with Crippen molar-refractivity contribution in [1.82, 2.24) is 42.1 Å². The molecule has 3 aromatic rings. The van der Waals surface area contributed by atoms with Crippen LogP contribution in [-0.2, 0) is 67.2 Å². The van der Waals surface area contributed by atoms with Crippen LogP contribution in [0.2, 0.25) is 0 Å². The first kappa shape index (κ1) is 63.1. The summed E-state index contributed by atoms with van der Waals surface area (Å²) in [4.78, 5) is 140. The van der Waals surface area contributed by atoms with Gasteiger partial charge in [-0.2, -0.15) is 0 Å². The van der Waals surface area contributed by atoms with E-state index in [2.05, 4.69) is 42.2 Å². The van der Waals surface area contributed by atoms with Crippen molar-refractivity contribution in [2.75, 3.05) is 19.6 Å². The first-order valence-corrected chi connectivity index (χ1v) is 26.3. The van der Waals surface area contributed by atoms with Crippen molar-refractivity contribution < 1.29 is 58.2 Å². The number of likely N-dealkylation sites (tertiary alicyclic amines) is 1. The van der Waals surface area contributed by atoms with Crippen molar-refractivity contribution in [2.45, 2.75) is 134 Å². The minimum absolute atomic E-state index is 0.0229. The average molecular weight is 1100 g/mol. The Morgan fingerprint density at radius 3 is 1.59 bits per heavy atom. The number of aliphatic imine (C=N–C) groups is 1. The van der Waals surface area contributed by atoms with Gasteiger partial charge in [0.05, 0.1) is 12.6 Å². The predicted molar refractivity (Wildman–Crippen MR) is 292 cm³/mol. The zero-order valence-electron chi connectivity index (χ0n) is 45.0. The molecule has 0 aromatic heterocycles. The molecule has 24 nitrogen and oxygen atoms in total. The topological polar surface area (TPSA) is 389 Å². The summed E-state index contributed by atoms with van der Waals surface area (Å²) in [7, 11) is 0. The van der Waals surface area contributed by atoms with Crippen molar-refractivity contribution in [3.63, 3.8) is 0 Å². The van der Waals surface area contributed by atoms with E-state index >= 15 is 0 Å². The lowest BCUT2D eigenvalue weighted by molar-refractivity contribution is -0.142. The number of carboxylic acids is 2. The van der Waals surface area contributed by atoms with Gasteiger partial charge >= 0.3 is 11.9 Å². The molecule has 8 atom stereocenters. The average Bonchev–Trinajstić information content (AvgIpc) is 3.93. The predicted octanol–water partition coefficient (Wildman–Crippen LogP) is -0.627. The second-order valence-electron chi connectivity index (χ2n) is 20.1. The molecule has 0 bridgehead atoms. The normalized spacial score (nSPS) is 15.6. The first-order valence-electron chi connectivity index (χ1n) is 26.3. The second-order valence-corrected chi connectivity index (χ2v) is 20.1. The van der Waals surface area contributed by atoms with Crippen LogP contribution in [0.5, 0.6) is 0 Å². The number of benzene rings is 3. The van der Waals surface area contributed by atoms with Gasteiger partial charge in [-0.3, -0.25) is 48.1 Å². The van der Waals surface area contributed by atoms with Crippen molar-refractivity contribution in [2.24, 2.45) is 34.0 Å². The van der Waals surface area contributed by atoms with Crippen LogP contribution in [0.25, 0.3) is 0 Å². The molecule has 24 heteroatoms. The highest BCUT2D eigenvalue weighted by Crippen LogP contribution is 2.20. The maximum Gasteiger partial charge on any atom is 0.326 e. The van der Waals surface area contributed by atoms with Crippen LogP contribution in [0, 0.1) is 11.8 Å². The molecule has 8 amide bonds. The molecule has 79 heavy (non-hydrogen) atoms. The van der Waals surface area contributed by atoms with Crippen LogP contribution in [0.3, 0.4) is 0 Å². The molecule has 0 saturated carbocycles. The van der Waals surface area contributed by atoms with Crippen LogP contribution in [0.4, 0.5) is 0 Å². The van der Waals surface area contributed by atoms with E-state index in [0.717, 1.165) is 5.56 Å². The van der Waals surface area contributed by atoms with E-state index < -0.39 is 139 Å². The number of hydrogen-bond acceptors (Lipinski definition) is 12. The Hall–Kier alpha value is -8.41. The molecule has 1 saturated heterocycles. The molecule has 1 fully saturated rings. The first-order chi connectivity index (χ1) is 37.5. The van der Waals surface area contributed by atoms with E-state index in [-0.39, 0.29) is 57.6 Å². The summed E-state index contributed by atoms with van der Waals surface area (Å²) in [5.74, 6) is -10.1. The minimum atomic E-state index is -1.55. The largest absolute Gasteiger partial charge is 0.481 e. The van der Waals surface area contributed by atoms with Gasteiger partial charge in [-0.15, -0.1) is 0 Å². The fraction of sp³-hybridized carbons (Fsp3) is 0.473. The maximum absolute atomic E-state index is 14.1.